The highest BCUT2D eigenvalue weighted by Gasteiger charge is 2.22. The molecule has 0 saturated heterocycles. The van der Waals surface area contributed by atoms with Gasteiger partial charge in [-0.25, -0.2) is 9.78 Å². The molecule has 4 rings (SSSR count). The lowest BCUT2D eigenvalue weighted by Gasteiger charge is -2.17. The molecule has 0 aliphatic rings. The lowest BCUT2D eigenvalue weighted by atomic mass is 10.1. The highest BCUT2D eigenvalue weighted by Crippen LogP contribution is 2.20. The number of carboxylic acid groups (broad SMARTS) is 1. The Kier molecular flexibility index (Phi) is 7.98. The number of amides is 2. The van der Waals surface area contributed by atoms with Gasteiger partial charge in [-0.3, -0.25) is 14.9 Å². The molecule has 2 heterocycles. The van der Waals surface area contributed by atoms with Crippen LogP contribution in [0.4, 0.5) is 5.95 Å². The predicted molar refractivity (Wildman–Crippen MR) is 135 cm³/mol. The smallest absolute Gasteiger partial charge is 0.342 e. The van der Waals surface area contributed by atoms with Crippen LogP contribution >= 0.6 is 11.6 Å². The summed E-state index contributed by atoms with van der Waals surface area (Å²) < 4.78 is 1.41. The summed E-state index contributed by atoms with van der Waals surface area (Å²) in [6, 6.07) is 12.9. The van der Waals surface area contributed by atoms with Crippen molar-refractivity contribution < 1.29 is 24.6 Å². The minimum absolute atomic E-state index is 0.123. The molecule has 14 heteroatoms. The number of nitrogens with zero attached hydrogens (tertiary/aromatic N) is 6. The third kappa shape index (κ3) is 6.53. The Hall–Kier alpha value is -5.17. The largest absolute Gasteiger partial charge is 0.493 e. The Balaban J connectivity index is 1.53. The van der Waals surface area contributed by atoms with Crippen LogP contribution in [0.1, 0.15) is 21.5 Å². The average molecular weight is 535 g/mol. The van der Waals surface area contributed by atoms with E-state index in [4.69, 9.17) is 16.7 Å². The summed E-state index contributed by atoms with van der Waals surface area (Å²) in [6.45, 7) is 0. The van der Waals surface area contributed by atoms with Gasteiger partial charge in [-0.05, 0) is 40.3 Å². The highest BCUT2D eigenvalue weighted by molar-refractivity contribution is 6.30. The number of hydrogen-bond donors (Lipinski definition) is 4. The zero-order chi connectivity index (χ0) is 27.1. The van der Waals surface area contributed by atoms with E-state index in [1.165, 1.54) is 23.2 Å². The second-order valence-electron chi connectivity index (χ2n) is 7.77. The number of aromatic nitrogens is 6. The average Bonchev–Trinajstić information content (AvgIpc) is 3.42. The fourth-order valence-electron chi connectivity index (χ4n) is 3.36. The van der Waals surface area contributed by atoms with Crippen LogP contribution in [0.3, 0.4) is 0 Å². The van der Waals surface area contributed by atoms with Crippen LogP contribution in [0.25, 0.3) is 11.8 Å². The van der Waals surface area contributed by atoms with Crippen molar-refractivity contribution in [3.8, 4) is 11.6 Å². The van der Waals surface area contributed by atoms with Crippen LogP contribution in [0.5, 0.6) is 5.88 Å². The molecule has 1 unspecified atom stereocenters. The maximum Gasteiger partial charge on any atom is 0.342 e. The van der Waals surface area contributed by atoms with E-state index >= 15 is 0 Å². The Labute approximate surface area is 219 Å². The molecule has 0 saturated carbocycles. The van der Waals surface area contributed by atoms with Crippen molar-refractivity contribution in [2.75, 3.05) is 5.32 Å². The van der Waals surface area contributed by atoms with Gasteiger partial charge < -0.3 is 15.5 Å². The second-order valence-corrected chi connectivity index (χ2v) is 8.20. The molecule has 0 aliphatic carbocycles. The van der Waals surface area contributed by atoms with Gasteiger partial charge in [-0.1, -0.05) is 41.9 Å². The first kappa shape index (κ1) is 25.9. The topological polar surface area (TPSA) is 185 Å². The first-order valence-electron chi connectivity index (χ1n) is 11.0. The molecule has 192 valence electrons. The zero-order valence-electron chi connectivity index (χ0n) is 19.4. The maximum atomic E-state index is 13.0. The number of benzene rings is 2. The quantitative estimate of drug-likeness (QED) is 0.231. The first-order chi connectivity index (χ1) is 18.3. The molecule has 2 aromatic carbocycles. The summed E-state index contributed by atoms with van der Waals surface area (Å²) >= 11 is 6.11. The van der Waals surface area contributed by atoms with Gasteiger partial charge in [0.25, 0.3) is 0 Å². The number of rotatable bonds is 9. The normalized spacial score (nSPS) is 11.7. The summed E-state index contributed by atoms with van der Waals surface area (Å²) in [7, 11) is 0. The Morgan fingerprint density at radius 3 is 2.61 bits per heavy atom. The molecule has 2 amide bonds. The fraction of sp³-hybridized carbons (Fsp3) is 0.0833. The number of tetrazole rings is 1. The van der Waals surface area contributed by atoms with Gasteiger partial charge in [0.05, 0.1) is 11.9 Å². The van der Waals surface area contributed by atoms with Gasteiger partial charge in [0, 0.05) is 23.1 Å². The van der Waals surface area contributed by atoms with E-state index in [9.17, 15) is 19.5 Å². The molecule has 0 spiro atoms. The molecule has 0 bridgehead atoms. The van der Waals surface area contributed by atoms with Crippen molar-refractivity contribution in [2.24, 2.45) is 0 Å². The van der Waals surface area contributed by atoms with Crippen molar-refractivity contribution in [3.63, 3.8) is 0 Å². The van der Waals surface area contributed by atoms with E-state index in [1.807, 2.05) is 6.07 Å². The van der Waals surface area contributed by atoms with Crippen LogP contribution in [-0.4, -0.2) is 64.2 Å². The van der Waals surface area contributed by atoms with Gasteiger partial charge >= 0.3 is 5.97 Å². The Morgan fingerprint density at radius 2 is 1.92 bits per heavy atom. The molecule has 0 radical (unpaired) electrons. The lowest BCUT2D eigenvalue weighted by molar-refractivity contribution is -0.123. The number of aromatic carboxylic acids is 1. The van der Waals surface area contributed by atoms with Crippen LogP contribution < -0.4 is 10.6 Å². The molecular weight excluding hydrogens is 516 g/mol. The van der Waals surface area contributed by atoms with E-state index in [0.717, 1.165) is 11.8 Å². The van der Waals surface area contributed by atoms with Gasteiger partial charge in [0.1, 0.15) is 17.9 Å². The van der Waals surface area contributed by atoms with Crippen molar-refractivity contribution >= 4 is 41.4 Å². The van der Waals surface area contributed by atoms with E-state index < -0.39 is 35.3 Å². The summed E-state index contributed by atoms with van der Waals surface area (Å²) in [6.07, 6.45) is 5.11. The van der Waals surface area contributed by atoms with Crippen molar-refractivity contribution in [3.05, 3.63) is 88.8 Å². The van der Waals surface area contributed by atoms with Crippen molar-refractivity contribution in [1.82, 2.24) is 35.5 Å². The molecule has 0 aliphatic heterocycles. The summed E-state index contributed by atoms with van der Waals surface area (Å²) in [4.78, 5) is 44.3. The number of halogens is 1. The first-order valence-corrected chi connectivity index (χ1v) is 11.3. The highest BCUT2D eigenvalue weighted by atomic mass is 35.5. The van der Waals surface area contributed by atoms with E-state index in [0.29, 0.717) is 16.3 Å². The number of carboxylic acids is 1. The van der Waals surface area contributed by atoms with Crippen LogP contribution in [-0.2, 0) is 16.0 Å². The van der Waals surface area contributed by atoms with E-state index in [-0.39, 0.29) is 12.4 Å². The van der Waals surface area contributed by atoms with Crippen molar-refractivity contribution in [1.29, 1.82) is 0 Å². The number of carbonyl (C=O) groups is 3. The van der Waals surface area contributed by atoms with Gasteiger partial charge in [-0.15, -0.1) is 5.10 Å². The minimum Gasteiger partial charge on any atom is -0.493 e. The number of carbonyl (C=O) groups excluding carboxylic acids is 2. The van der Waals surface area contributed by atoms with Crippen LogP contribution in [0.2, 0.25) is 5.02 Å². The van der Waals surface area contributed by atoms with Crippen LogP contribution in [0.15, 0.2) is 67.1 Å². The summed E-state index contributed by atoms with van der Waals surface area (Å²) in [5, 5.41) is 35.3. The standard InChI is InChI=1S/C24H19ClN8O5/c25-16-7-8-19(33-13-27-31-32-33)15(11-16)6-9-20(34)28-18(10-14-4-2-1-3-5-14)22(36)30-24-26-12-17(23(37)38)21(35)29-24/h1-9,11-13,18H,10H2,(H,28,34)(H,37,38)(H2,26,29,30,35,36). The third-order valence-electron chi connectivity index (χ3n) is 5.15. The molecule has 38 heavy (non-hydrogen) atoms. The lowest BCUT2D eigenvalue weighted by Crippen LogP contribution is -2.45. The summed E-state index contributed by atoms with van der Waals surface area (Å²) in [5.41, 5.74) is 1.36. The minimum atomic E-state index is -1.43. The number of nitrogens with one attached hydrogen (secondary N) is 2. The SMILES string of the molecule is O=C(C=Cc1cc(Cl)ccc1-n1cnnn1)NC(Cc1ccccc1)C(=O)Nc1ncc(C(=O)O)c(O)n1. The predicted octanol–water partition coefficient (Wildman–Crippen LogP) is 1.89. The van der Waals surface area contributed by atoms with E-state index in [2.05, 4.69) is 36.1 Å². The number of aromatic hydroxyl groups is 1. The molecule has 4 N–H and O–H groups in total. The maximum absolute atomic E-state index is 13.0. The molecule has 1 atom stereocenters. The molecule has 2 aromatic heterocycles. The Bertz CT molecular complexity index is 1500. The monoisotopic (exact) mass is 534 g/mol. The zero-order valence-corrected chi connectivity index (χ0v) is 20.1. The van der Waals surface area contributed by atoms with Gasteiger partial charge in [0.15, 0.2) is 0 Å². The summed E-state index contributed by atoms with van der Waals surface area (Å²) in [5.74, 6) is -3.84. The third-order valence-corrected chi connectivity index (χ3v) is 5.38. The number of hydrogen-bond acceptors (Lipinski definition) is 9. The molecule has 4 aromatic rings. The van der Waals surface area contributed by atoms with E-state index in [1.54, 1.807) is 42.5 Å². The number of anilines is 1. The van der Waals surface area contributed by atoms with Gasteiger partial charge in [-0.2, -0.15) is 9.67 Å². The van der Waals surface area contributed by atoms with Gasteiger partial charge in [0.2, 0.25) is 23.6 Å². The van der Waals surface area contributed by atoms with Crippen molar-refractivity contribution in [2.45, 2.75) is 12.5 Å². The Morgan fingerprint density at radius 1 is 1.13 bits per heavy atom. The molecule has 13 nitrogen and oxygen atoms in total. The molecular formula is C24H19ClN8O5. The second kappa shape index (κ2) is 11.7. The fourth-order valence-corrected chi connectivity index (χ4v) is 3.55. The molecule has 0 fully saturated rings. The van der Waals surface area contributed by atoms with Crippen LogP contribution in [0, 0.1) is 0 Å².